The Hall–Kier alpha value is -0.240. The third-order valence-corrected chi connectivity index (χ3v) is 3.97. The van der Waals surface area contributed by atoms with Gasteiger partial charge in [-0.05, 0) is 20.0 Å². The summed E-state index contributed by atoms with van der Waals surface area (Å²) >= 11 is 0. The van der Waals surface area contributed by atoms with Gasteiger partial charge in [0.15, 0.2) is 0 Å². The summed E-state index contributed by atoms with van der Waals surface area (Å²) in [5, 5.41) is 47.1. The molecule has 6 nitrogen and oxygen atoms in total. The van der Waals surface area contributed by atoms with Gasteiger partial charge >= 0.3 is 0 Å². The molecule has 0 saturated carbocycles. The molecule has 0 aromatic rings. The first kappa shape index (κ1) is 21.8. The van der Waals surface area contributed by atoms with Crippen molar-refractivity contribution in [3.8, 4) is 0 Å². The van der Waals surface area contributed by atoms with Crippen LogP contribution in [-0.2, 0) is 0 Å². The fraction of sp³-hybridized carbons (Fsp3) is 1.00. The molecule has 0 radical (unpaired) electrons. The molecule has 0 spiro atoms. The van der Waals surface area contributed by atoms with Gasteiger partial charge in [0.2, 0.25) is 0 Å². The van der Waals surface area contributed by atoms with Crippen LogP contribution < -0.4 is 0 Å². The summed E-state index contributed by atoms with van der Waals surface area (Å²) < 4.78 is 0. The average Bonchev–Trinajstić information content (AvgIpc) is 2.51. The summed E-state index contributed by atoms with van der Waals surface area (Å²) in [6, 6.07) is 0. The Labute approximate surface area is 134 Å². The van der Waals surface area contributed by atoms with Crippen LogP contribution in [0.15, 0.2) is 0 Å². The summed E-state index contributed by atoms with van der Waals surface area (Å²) in [4.78, 5) is 1.90. The molecular weight excluding hydrogens is 286 g/mol. The standard InChI is InChI=1S/C16H35NO5/c1-3-4-5-6-7-8-9-10-17(2)11-13(19)15(21)16(22)14(20)12-18/h13-16,18-22H,3-12H2,1-2H3/t13-,14+,15+,16+/m0/s1. The van der Waals surface area contributed by atoms with Gasteiger partial charge in [-0.1, -0.05) is 45.4 Å². The van der Waals surface area contributed by atoms with E-state index in [4.69, 9.17) is 5.11 Å². The van der Waals surface area contributed by atoms with Crippen LogP contribution in [0.4, 0.5) is 0 Å². The Bertz CT molecular complexity index is 255. The number of nitrogens with zero attached hydrogens (tertiary/aromatic N) is 1. The molecule has 0 aliphatic carbocycles. The lowest BCUT2D eigenvalue weighted by Gasteiger charge is -2.28. The number of rotatable bonds is 14. The van der Waals surface area contributed by atoms with E-state index < -0.39 is 31.0 Å². The maximum absolute atomic E-state index is 9.86. The Balaban J connectivity index is 3.79. The maximum atomic E-state index is 9.86. The van der Waals surface area contributed by atoms with E-state index in [1.165, 1.54) is 32.1 Å². The monoisotopic (exact) mass is 321 g/mol. The lowest BCUT2D eigenvalue weighted by Crippen LogP contribution is -2.49. The van der Waals surface area contributed by atoms with Gasteiger partial charge in [0.05, 0.1) is 12.7 Å². The second-order valence-corrected chi connectivity index (χ2v) is 6.18. The second-order valence-electron chi connectivity index (χ2n) is 6.18. The highest BCUT2D eigenvalue weighted by Crippen LogP contribution is 2.09. The zero-order chi connectivity index (χ0) is 17.0. The van der Waals surface area contributed by atoms with Crippen molar-refractivity contribution >= 4 is 0 Å². The van der Waals surface area contributed by atoms with Crippen LogP contribution in [-0.4, -0.2) is 81.6 Å². The highest BCUT2D eigenvalue weighted by atomic mass is 16.4. The van der Waals surface area contributed by atoms with Crippen molar-refractivity contribution < 1.29 is 25.5 Å². The van der Waals surface area contributed by atoms with Crippen molar-refractivity contribution in [2.24, 2.45) is 0 Å². The van der Waals surface area contributed by atoms with Crippen molar-refractivity contribution in [3.63, 3.8) is 0 Å². The average molecular weight is 321 g/mol. The molecule has 0 amide bonds. The molecule has 0 unspecified atom stereocenters. The molecular formula is C16H35NO5. The molecule has 0 rings (SSSR count). The van der Waals surface area contributed by atoms with Gasteiger partial charge in [-0.25, -0.2) is 0 Å². The van der Waals surface area contributed by atoms with Gasteiger partial charge in [-0.15, -0.1) is 0 Å². The quantitative estimate of drug-likeness (QED) is 0.291. The number of aliphatic hydroxyl groups is 5. The summed E-state index contributed by atoms with van der Waals surface area (Å²) in [6.07, 6.45) is 2.89. The van der Waals surface area contributed by atoms with Gasteiger partial charge in [0, 0.05) is 6.54 Å². The Kier molecular flexibility index (Phi) is 13.1. The third kappa shape index (κ3) is 9.71. The lowest BCUT2D eigenvalue weighted by molar-refractivity contribution is -0.118. The summed E-state index contributed by atoms with van der Waals surface area (Å²) in [6.45, 7) is 2.58. The topological polar surface area (TPSA) is 104 Å². The molecule has 134 valence electrons. The third-order valence-electron chi connectivity index (χ3n) is 3.97. The first-order chi connectivity index (χ1) is 10.4. The molecule has 6 heteroatoms. The zero-order valence-corrected chi connectivity index (χ0v) is 14.1. The Morgan fingerprint density at radius 2 is 1.27 bits per heavy atom. The van der Waals surface area contributed by atoms with Gasteiger partial charge in [-0.3, -0.25) is 0 Å². The smallest absolute Gasteiger partial charge is 0.111 e. The number of hydrogen-bond donors (Lipinski definition) is 5. The first-order valence-corrected chi connectivity index (χ1v) is 8.45. The predicted octanol–water partition coefficient (Wildman–Crippen LogP) is 0.105. The minimum absolute atomic E-state index is 0.214. The first-order valence-electron chi connectivity index (χ1n) is 8.45. The van der Waals surface area contributed by atoms with Gasteiger partial charge in [-0.2, -0.15) is 0 Å². The minimum Gasteiger partial charge on any atom is -0.394 e. The minimum atomic E-state index is -1.55. The van der Waals surface area contributed by atoms with Crippen LogP contribution in [0.25, 0.3) is 0 Å². The highest BCUT2D eigenvalue weighted by Gasteiger charge is 2.30. The lowest BCUT2D eigenvalue weighted by atomic mass is 10.0. The van der Waals surface area contributed by atoms with Crippen molar-refractivity contribution in [2.45, 2.75) is 76.3 Å². The zero-order valence-electron chi connectivity index (χ0n) is 14.1. The highest BCUT2D eigenvalue weighted by molar-refractivity contribution is 4.81. The van der Waals surface area contributed by atoms with Crippen molar-refractivity contribution in [1.29, 1.82) is 0 Å². The van der Waals surface area contributed by atoms with E-state index in [9.17, 15) is 20.4 Å². The predicted molar refractivity (Wildman–Crippen MR) is 86.6 cm³/mol. The van der Waals surface area contributed by atoms with E-state index >= 15 is 0 Å². The number of unbranched alkanes of at least 4 members (excludes halogenated alkanes) is 6. The fourth-order valence-corrected chi connectivity index (χ4v) is 2.42. The van der Waals surface area contributed by atoms with Crippen molar-refractivity contribution in [3.05, 3.63) is 0 Å². The van der Waals surface area contributed by atoms with E-state index in [0.717, 1.165) is 19.4 Å². The van der Waals surface area contributed by atoms with Gasteiger partial charge in [0.25, 0.3) is 0 Å². The summed E-state index contributed by atoms with van der Waals surface area (Å²) in [5.41, 5.74) is 0. The van der Waals surface area contributed by atoms with Gasteiger partial charge in [0.1, 0.15) is 18.3 Å². The Morgan fingerprint density at radius 1 is 0.773 bits per heavy atom. The summed E-state index contributed by atoms with van der Waals surface area (Å²) in [7, 11) is 1.85. The van der Waals surface area contributed by atoms with Crippen LogP contribution in [0.3, 0.4) is 0 Å². The molecule has 0 aliphatic rings. The fourth-order valence-electron chi connectivity index (χ4n) is 2.42. The van der Waals surface area contributed by atoms with Crippen LogP contribution in [0.1, 0.15) is 51.9 Å². The normalized spacial score (nSPS) is 17.5. The Morgan fingerprint density at radius 3 is 1.82 bits per heavy atom. The van der Waals surface area contributed by atoms with E-state index in [-0.39, 0.29) is 6.54 Å². The molecule has 5 N–H and O–H groups in total. The molecule has 0 aliphatic heterocycles. The van der Waals surface area contributed by atoms with E-state index in [1.807, 2.05) is 11.9 Å². The number of aliphatic hydroxyl groups excluding tert-OH is 5. The van der Waals surface area contributed by atoms with Crippen LogP contribution in [0.5, 0.6) is 0 Å². The second kappa shape index (κ2) is 13.2. The SMILES string of the molecule is CCCCCCCCCN(C)C[C@H](O)[C@@H](O)[C@H](O)[C@H](O)CO. The van der Waals surface area contributed by atoms with E-state index in [2.05, 4.69) is 6.92 Å². The molecule has 0 fully saturated rings. The van der Waals surface area contributed by atoms with Crippen LogP contribution in [0.2, 0.25) is 0 Å². The molecule has 0 heterocycles. The van der Waals surface area contributed by atoms with Gasteiger partial charge < -0.3 is 30.4 Å². The molecule has 0 bridgehead atoms. The number of likely N-dealkylation sites (N-methyl/N-ethyl adjacent to an activating group) is 1. The number of hydrogen-bond acceptors (Lipinski definition) is 6. The molecule has 0 saturated heterocycles. The summed E-state index contributed by atoms with van der Waals surface area (Å²) in [5.74, 6) is 0. The molecule has 0 aromatic heterocycles. The molecule has 4 atom stereocenters. The van der Waals surface area contributed by atoms with E-state index in [1.54, 1.807) is 0 Å². The van der Waals surface area contributed by atoms with Crippen LogP contribution >= 0.6 is 0 Å². The molecule has 0 aromatic carbocycles. The van der Waals surface area contributed by atoms with Crippen molar-refractivity contribution in [2.75, 3.05) is 26.7 Å². The maximum Gasteiger partial charge on any atom is 0.111 e. The van der Waals surface area contributed by atoms with E-state index in [0.29, 0.717) is 0 Å². The van der Waals surface area contributed by atoms with Crippen LogP contribution in [0, 0.1) is 0 Å². The largest absolute Gasteiger partial charge is 0.394 e. The van der Waals surface area contributed by atoms with Crippen molar-refractivity contribution in [1.82, 2.24) is 4.90 Å². The molecule has 22 heavy (non-hydrogen) atoms.